The maximum Gasteiger partial charge on any atom is 0.234 e. The highest BCUT2D eigenvalue weighted by Crippen LogP contribution is 2.14. The van der Waals surface area contributed by atoms with Crippen molar-refractivity contribution >= 4 is 17.5 Å². The lowest BCUT2D eigenvalue weighted by Gasteiger charge is -2.30. The van der Waals surface area contributed by atoms with E-state index in [9.17, 15) is 4.79 Å². The summed E-state index contributed by atoms with van der Waals surface area (Å²) in [7, 11) is 0. The molecule has 4 heteroatoms. The van der Waals surface area contributed by atoms with E-state index in [1.807, 2.05) is 24.3 Å². The average molecular weight is 281 g/mol. The molecule has 1 fully saturated rings. The average Bonchev–Trinajstić information content (AvgIpc) is 2.38. The zero-order chi connectivity index (χ0) is 13.7. The molecule has 0 aliphatic carbocycles. The fourth-order valence-corrected chi connectivity index (χ4v) is 2.62. The minimum Gasteiger partial charge on any atom is -0.351 e. The predicted molar refractivity (Wildman–Crippen MR) is 78.1 cm³/mol. The summed E-state index contributed by atoms with van der Waals surface area (Å²) in [5.41, 5.74) is 1.07. The third-order valence-electron chi connectivity index (χ3n) is 3.51. The highest BCUT2D eigenvalue weighted by atomic mass is 35.5. The van der Waals surface area contributed by atoms with Crippen LogP contribution in [0.5, 0.6) is 0 Å². The van der Waals surface area contributed by atoms with E-state index in [1.165, 1.54) is 12.8 Å². The van der Waals surface area contributed by atoms with E-state index in [4.69, 9.17) is 11.6 Å². The number of hydrogen-bond acceptors (Lipinski definition) is 2. The summed E-state index contributed by atoms with van der Waals surface area (Å²) < 4.78 is 0. The highest BCUT2D eigenvalue weighted by Gasteiger charge is 2.18. The van der Waals surface area contributed by atoms with E-state index in [1.54, 1.807) is 0 Å². The van der Waals surface area contributed by atoms with Crippen LogP contribution in [0.2, 0.25) is 5.02 Å². The van der Waals surface area contributed by atoms with Crippen LogP contribution in [0.15, 0.2) is 24.3 Å². The van der Waals surface area contributed by atoms with Crippen molar-refractivity contribution in [3.63, 3.8) is 0 Å². The van der Waals surface area contributed by atoms with Gasteiger partial charge in [-0.3, -0.25) is 9.69 Å². The molecule has 0 aromatic heterocycles. The third kappa shape index (κ3) is 4.84. The molecule has 0 saturated carbocycles. The fourth-order valence-electron chi connectivity index (χ4n) is 2.49. The van der Waals surface area contributed by atoms with Gasteiger partial charge in [-0.05, 0) is 43.0 Å². The number of carbonyl (C=O) groups is 1. The maximum atomic E-state index is 11.9. The molecule has 0 radical (unpaired) electrons. The van der Waals surface area contributed by atoms with Crippen molar-refractivity contribution in [3.8, 4) is 0 Å². The molecule has 1 amide bonds. The van der Waals surface area contributed by atoms with Gasteiger partial charge in [0.25, 0.3) is 0 Å². The minimum absolute atomic E-state index is 0.101. The molecule has 0 bridgehead atoms. The quantitative estimate of drug-likeness (QED) is 0.920. The molecule has 1 saturated heterocycles. The van der Waals surface area contributed by atoms with Crippen molar-refractivity contribution < 1.29 is 4.79 Å². The first-order chi connectivity index (χ1) is 9.13. The van der Waals surface area contributed by atoms with Gasteiger partial charge in [0.2, 0.25) is 5.91 Å². The van der Waals surface area contributed by atoms with Crippen LogP contribution in [-0.2, 0) is 11.3 Å². The molecule has 1 aliphatic heterocycles. The monoisotopic (exact) mass is 280 g/mol. The smallest absolute Gasteiger partial charge is 0.234 e. The summed E-state index contributed by atoms with van der Waals surface area (Å²) in [6.45, 7) is 5.40. The number of hydrogen-bond donors (Lipinski definition) is 1. The van der Waals surface area contributed by atoms with Gasteiger partial charge < -0.3 is 5.32 Å². The van der Waals surface area contributed by atoms with E-state index >= 15 is 0 Å². The van der Waals surface area contributed by atoms with Gasteiger partial charge in [-0.1, -0.05) is 30.7 Å². The van der Waals surface area contributed by atoms with Crippen LogP contribution >= 0.6 is 11.6 Å². The Morgan fingerprint density at radius 3 is 2.84 bits per heavy atom. The fraction of sp³-hybridized carbons (Fsp3) is 0.533. The molecular formula is C15H21ClN2O. The molecule has 3 nitrogen and oxygen atoms in total. The molecule has 1 N–H and O–H groups in total. The molecule has 1 aromatic rings. The summed E-state index contributed by atoms with van der Waals surface area (Å²) in [6.07, 6.45) is 2.48. The van der Waals surface area contributed by atoms with Crippen LogP contribution < -0.4 is 5.32 Å². The van der Waals surface area contributed by atoms with Gasteiger partial charge in [-0.25, -0.2) is 0 Å². The van der Waals surface area contributed by atoms with Crippen molar-refractivity contribution in [1.82, 2.24) is 10.2 Å². The van der Waals surface area contributed by atoms with Gasteiger partial charge in [-0.2, -0.15) is 0 Å². The van der Waals surface area contributed by atoms with Crippen molar-refractivity contribution in [1.29, 1.82) is 0 Å². The number of halogens is 1. The van der Waals surface area contributed by atoms with Crippen LogP contribution in [0.3, 0.4) is 0 Å². The number of nitrogens with zero attached hydrogens (tertiary/aromatic N) is 1. The molecule has 0 spiro atoms. The minimum atomic E-state index is 0.101. The van der Waals surface area contributed by atoms with E-state index in [0.29, 0.717) is 19.0 Å². The standard InChI is InChI=1S/C15H21ClN2O/c1-12-3-2-8-18(10-12)11-15(19)17-9-13-4-6-14(16)7-5-13/h4-7,12H,2-3,8-11H2,1H3,(H,17,19)/t12-/m0/s1. The van der Waals surface area contributed by atoms with Gasteiger partial charge in [-0.15, -0.1) is 0 Å². The highest BCUT2D eigenvalue weighted by molar-refractivity contribution is 6.30. The maximum absolute atomic E-state index is 11.9. The number of benzene rings is 1. The van der Waals surface area contributed by atoms with Gasteiger partial charge in [0, 0.05) is 18.1 Å². The Balaban J connectivity index is 1.73. The van der Waals surface area contributed by atoms with E-state index < -0.39 is 0 Å². The van der Waals surface area contributed by atoms with Crippen LogP contribution in [0.4, 0.5) is 0 Å². The van der Waals surface area contributed by atoms with Crippen LogP contribution in [0.25, 0.3) is 0 Å². The van der Waals surface area contributed by atoms with Crippen molar-refractivity contribution in [3.05, 3.63) is 34.9 Å². The largest absolute Gasteiger partial charge is 0.351 e. The number of nitrogens with one attached hydrogen (secondary N) is 1. The number of amides is 1. The lowest BCUT2D eigenvalue weighted by molar-refractivity contribution is -0.122. The SMILES string of the molecule is C[C@H]1CCCN(CC(=O)NCc2ccc(Cl)cc2)C1. The summed E-state index contributed by atoms with van der Waals surface area (Å²) in [6, 6.07) is 7.56. The summed E-state index contributed by atoms with van der Waals surface area (Å²) in [4.78, 5) is 14.1. The molecule has 104 valence electrons. The lowest BCUT2D eigenvalue weighted by atomic mass is 10.0. The number of piperidine rings is 1. The summed E-state index contributed by atoms with van der Waals surface area (Å²) in [5, 5.41) is 3.68. The molecule has 1 aliphatic rings. The first-order valence-electron chi connectivity index (χ1n) is 6.87. The second kappa shape index (κ2) is 6.92. The first kappa shape index (κ1) is 14.4. The Labute approximate surface area is 119 Å². The number of likely N-dealkylation sites (tertiary alicyclic amines) is 1. The molecule has 19 heavy (non-hydrogen) atoms. The van der Waals surface area contributed by atoms with Gasteiger partial charge >= 0.3 is 0 Å². The molecule has 1 aromatic carbocycles. The molecular weight excluding hydrogens is 260 g/mol. The Morgan fingerprint density at radius 2 is 2.16 bits per heavy atom. The Morgan fingerprint density at radius 1 is 1.42 bits per heavy atom. The number of rotatable bonds is 4. The molecule has 0 unspecified atom stereocenters. The first-order valence-corrected chi connectivity index (χ1v) is 7.25. The van der Waals surface area contributed by atoms with E-state index in [0.717, 1.165) is 23.7 Å². The number of carbonyl (C=O) groups excluding carboxylic acids is 1. The van der Waals surface area contributed by atoms with Gasteiger partial charge in [0.15, 0.2) is 0 Å². The van der Waals surface area contributed by atoms with Gasteiger partial charge in [0.1, 0.15) is 0 Å². The zero-order valence-electron chi connectivity index (χ0n) is 11.4. The molecule has 2 rings (SSSR count). The Hall–Kier alpha value is -1.06. The van der Waals surface area contributed by atoms with Crippen molar-refractivity contribution in [2.24, 2.45) is 5.92 Å². The Kier molecular flexibility index (Phi) is 5.23. The van der Waals surface area contributed by atoms with E-state index in [2.05, 4.69) is 17.1 Å². The van der Waals surface area contributed by atoms with Crippen molar-refractivity contribution in [2.45, 2.75) is 26.3 Å². The predicted octanol–water partition coefficient (Wildman–Crippen LogP) is 2.69. The molecule has 1 atom stereocenters. The van der Waals surface area contributed by atoms with Gasteiger partial charge in [0.05, 0.1) is 6.54 Å². The second-order valence-corrected chi connectivity index (χ2v) is 5.82. The Bertz CT molecular complexity index is 419. The van der Waals surface area contributed by atoms with Crippen LogP contribution in [0, 0.1) is 5.92 Å². The normalized spacial score (nSPS) is 20.2. The second-order valence-electron chi connectivity index (χ2n) is 5.39. The summed E-state index contributed by atoms with van der Waals surface area (Å²) >= 11 is 5.82. The van der Waals surface area contributed by atoms with Crippen LogP contribution in [0.1, 0.15) is 25.3 Å². The molecule has 1 heterocycles. The summed E-state index contributed by atoms with van der Waals surface area (Å²) in [5.74, 6) is 0.807. The third-order valence-corrected chi connectivity index (χ3v) is 3.76. The lowest BCUT2D eigenvalue weighted by Crippen LogP contribution is -2.41. The van der Waals surface area contributed by atoms with Crippen LogP contribution in [-0.4, -0.2) is 30.4 Å². The van der Waals surface area contributed by atoms with Crippen molar-refractivity contribution in [2.75, 3.05) is 19.6 Å². The zero-order valence-corrected chi connectivity index (χ0v) is 12.1. The van der Waals surface area contributed by atoms with E-state index in [-0.39, 0.29) is 5.91 Å². The topological polar surface area (TPSA) is 32.3 Å².